The van der Waals surface area contributed by atoms with Gasteiger partial charge in [-0.05, 0) is 68.5 Å². The summed E-state index contributed by atoms with van der Waals surface area (Å²) in [6, 6.07) is 12.9. The van der Waals surface area contributed by atoms with Gasteiger partial charge in [0.25, 0.3) is 15.9 Å². The number of rotatable bonds is 8. The van der Waals surface area contributed by atoms with Gasteiger partial charge in [-0.2, -0.15) is 0 Å². The molecule has 0 spiro atoms. The number of hydrogen-bond acceptors (Lipinski definition) is 4. The molecule has 1 aliphatic rings. The summed E-state index contributed by atoms with van der Waals surface area (Å²) in [7, 11) is -0.807. The van der Waals surface area contributed by atoms with Crippen molar-refractivity contribution in [2.24, 2.45) is 0 Å². The summed E-state index contributed by atoms with van der Waals surface area (Å²) in [5, 5.41) is 2.91. The zero-order valence-electron chi connectivity index (χ0n) is 17.4. The summed E-state index contributed by atoms with van der Waals surface area (Å²) in [6.07, 6.45) is 7.84. The second-order valence-electron chi connectivity index (χ2n) is 7.28. The van der Waals surface area contributed by atoms with Gasteiger partial charge in [0.05, 0.1) is 17.7 Å². The summed E-state index contributed by atoms with van der Waals surface area (Å²) in [5.74, 6) is 0.265. The summed E-state index contributed by atoms with van der Waals surface area (Å²) in [6.45, 7) is 0.585. The highest BCUT2D eigenvalue weighted by molar-refractivity contribution is 7.92. The van der Waals surface area contributed by atoms with Crippen molar-refractivity contribution in [3.05, 3.63) is 65.7 Å². The Hall–Kier alpha value is -2.80. The minimum Gasteiger partial charge on any atom is -0.495 e. The molecule has 0 bridgehead atoms. The first-order valence-corrected chi connectivity index (χ1v) is 11.6. The Bertz CT molecular complexity index is 1010. The normalized spacial score (nSPS) is 14.0. The number of para-hydroxylation sites is 2. The standard InChI is InChI=1S/C23H28N2O4S/c1-25(21-10-6-7-11-22(21)29-2)30(27,28)20-14-12-19(13-15-20)23(26)24-17-16-18-8-4-3-5-9-18/h6-8,10-15H,3-5,9,16-17H2,1-2H3,(H,24,26). The highest BCUT2D eigenvalue weighted by atomic mass is 32.2. The molecule has 0 saturated carbocycles. The Balaban J connectivity index is 1.66. The van der Waals surface area contributed by atoms with Gasteiger partial charge in [-0.25, -0.2) is 8.42 Å². The van der Waals surface area contributed by atoms with Crippen LogP contribution in [0.2, 0.25) is 0 Å². The number of carbonyl (C=O) groups is 1. The second-order valence-corrected chi connectivity index (χ2v) is 9.25. The molecular weight excluding hydrogens is 400 g/mol. The van der Waals surface area contributed by atoms with E-state index in [1.165, 1.54) is 61.1 Å². The van der Waals surface area contributed by atoms with Gasteiger partial charge in [-0.1, -0.05) is 23.8 Å². The van der Waals surface area contributed by atoms with Gasteiger partial charge in [0, 0.05) is 19.2 Å². The van der Waals surface area contributed by atoms with Crippen molar-refractivity contribution < 1.29 is 17.9 Å². The molecule has 0 fully saturated rings. The zero-order valence-corrected chi connectivity index (χ0v) is 18.2. The number of methoxy groups -OCH3 is 1. The first-order chi connectivity index (χ1) is 14.4. The largest absolute Gasteiger partial charge is 0.495 e. The molecule has 0 aliphatic heterocycles. The van der Waals surface area contributed by atoms with E-state index in [1.807, 2.05) is 0 Å². The van der Waals surface area contributed by atoms with E-state index in [9.17, 15) is 13.2 Å². The Morgan fingerprint density at radius 3 is 2.50 bits per heavy atom. The number of amides is 1. The van der Waals surface area contributed by atoms with Crippen molar-refractivity contribution in [3.63, 3.8) is 0 Å². The maximum absolute atomic E-state index is 13.0. The fourth-order valence-corrected chi connectivity index (χ4v) is 4.73. The minimum atomic E-state index is -3.78. The Morgan fingerprint density at radius 2 is 1.83 bits per heavy atom. The van der Waals surface area contributed by atoms with Crippen LogP contribution in [0.4, 0.5) is 5.69 Å². The molecule has 1 N–H and O–H groups in total. The lowest BCUT2D eigenvalue weighted by Crippen LogP contribution is -2.27. The van der Waals surface area contributed by atoms with Crippen molar-refractivity contribution >= 4 is 21.6 Å². The average Bonchev–Trinajstić information content (AvgIpc) is 2.79. The summed E-state index contributed by atoms with van der Waals surface area (Å²) < 4.78 is 32.4. The number of hydrogen-bond donors (Lipinski definition) is 1. The van der Waals surface area contributed by atoms with Crippen molar-refractivity contribution in [2.45, 2.75) is 37.0 Å². The van der Waals surface area contributed by atoms with Gasteiger partial charge in [-0.15, -0.1) is 0 Å². The van der Waals surface area contributed by atoms with Crippen LogP contribution < -0.4 is 14.4 Å². The number of anilines is 1. The number of nitrogens with zero attached hydrogens (tertiary/aromatic N) is 1. The molecule has 0 radical (unpaired) electrons. The van der Waals surface area contributed by atoms with Crippen LogP contribution in [0.3, 0.4) is 0 Å². The quantitative estimate of drug-likeness (QED) is 0.641. The van der Waals surface area contributed by atoms with E-state index >= 15 is 0 Å². The van der Waals surface area contributed by atoms with E-state index in [0.29, 0.717) is 23.5 Å². The van der Waals surface area contributed by atoms with Gasteiger partial charge in [0.2, 0.25) is 0 Å². The molecule has 0 atom stereocenters. The number of allylic oxidation sites excluding steroid dienone is 1. The first-order valence-electron chi connectivity index (χ1n) is 10.1. The van der Waals surface area contributed by atoms with Crippen LogP contribution in [0.25, 0.3) is 0 Å². The molecule has 0 heterocycles. The SMILES string of the molecule is COc1ccccc1N(C)S(=O)(=O)c1ccc(C(=O)NCCC2=CCCCC2)cc1. The predicted molar refractivity (Wildman–Crippen MR) is 119 cm³/mol. The van der Waals surface area contributed by atoms with Crippen molar-refractivity contribution in [1.82, 2.24) is 5.32 Å². The van der Waals surface area contributed by atoms with E-state index in [-0.39, 0.29) is 10.8 Å². The van der Waals surface area contributed by atoms with Gasteiger partial charge >= 0.3 is 0 Å². The van der Waals surface area contributed by atoms with E-state index in [2.05, 4.69) is 11.4 Å². The van der Waals surface area contributed by atoms with Crippen LogP contribution >= 0.6 is 0 Å². The van der Waals surface area contributed by atoms with Crippen LogP contribution in [-0.2, 0) is 10.0 Å². The lowest BCUT2D eigenvalue weighted by molar-refractivity contribution is 0.0954. The molecule has 7 heteroatoms. The molecule has 30 heavy (non-hydrogen) atoms. The number of sulfonamides is 1. The molecule has 1 amide bonds. The third kappa shape index (κ3) is 5.02. The smallest absolute Gasteiger partial charge is 0.264 e. The molecule has 2 aromatic carbocycles. The third-order valence-corrected chi connectivity index (χ3v) is 7.10. The molecule has 1 aliphatic carbocycles. The van der Waals surface area contributed by atoms with Gasteiger partial charge in [-0.3, -0.25) is 9.10 Å². The second kappa shape index (κ2) is 9.80. The fraction of sp³-hybridized carbons (Fsp3) is 0.348. The molecular formula is C23H28N2O4S. The number of nitrogens with one attached hydrogen (secondary N) is 1. The third-order valence-electron chi connectivity index (χ3n) is 5.32. The van der Waals surface area contributed by atoms with E-state index in [0.717, 1.165) is 19.3 Å². The van der Waals surface area contributed by atoms with Gasteiger partial charge < -0.3 is 10.1 Å². The Kier molecular flexibility index (Phi) is 7.15. The fourth-order valence-electron chi connectivity index (χ4n) is 3.53. The molecule has 0 unspecified atom stereocenters. The Labute approximate surface area is 178 Å². The average molecular weight is 429 g/mol. The summed E-state index contributed by atoms with van der Waals surface area (Å²) in [4.78, 5) is 12.5. The number of carbonyl (C=O) groups excluding carboxylic acids is 1. The monoisotopic (exact) mass is 428 g/mol. The number of ether oxygens (including phenoxy) is 1. The zero-order chi connectivity index (χ0) is 21.6. The van der Waals surface area contributed by atoms with Crippen molar-refractivity contribution in [1.29, 1.82) is 0 Å². The lowest BCUT2D eigenvalue weighted by Gasteiger charge is -2.21. The molecule has 0 saturated heterocycles. The topological polar surface area (TPSA) is 75.7 Å². The van der Waals surface area contributed by atoms with Crippen LogP contribution in [0.5, 0.6) is 5.75 Å². The molecule has 3 rings (SSSR count). The van der Waals surface area contributed by atoms with Crippen LogP contribution in [0, 0.1) is 0 Å². The molecule has 160 valence electrons. The van der Waals surface area contributed by atoms with Gasteiger partial charge in [0.15, 0.2) is 0 Å². The lowest BCUT2D eigenvalue weighted by atomic mass is 9.97. The number of benzene rings is 2. The first kappa shape index (κ1) is 21.9. The summed E-state index contributed by atoms with van der Waals surface area (Å²) in [5.41, 5.74) is 2.28. The predicted octanol–water partition coefficient (Wildman–Crippen LogP) is 4.14. The Morgan fingerprint density at radius 1 is 1.10 bits per heavy atom. The molecule has 2 aromatic rings. The van der Waals surface area contributed by atoms with E-state index < -0.39 is 10.0 Å². The van der Waals surface area contributed by atoms with Crippen LogP contribution in [0.15, 0.2) is 65.1 Å². The van der Waals surface area contributed by atoms with Crippen LogP contribution in [-0.4, -0.2) is 35.0 Å². The maximum Gasteiger partial charge on any atom is 0.264 e. The minimum absolute atomic E-state index is 0.111. The maximum atomic E-state index is 13.0. The molecule has 6 nitrogen and oxygen atoms in total. The van der Waals surface area contributed by atoms with Crippen molar-refractivity contribution in [3.8, 4) is 5.75 Å². The highest BCUT2D eigenvalue weighted by Gasteiger charge is 2.23. The summed E-state index contributed by atoms with van der Waals surface area (Å²) >= 11 is 0. The molecule has 0 aromatic heterocycles. The van der Waals surface area contributed by atoms with Gasteiger partial charge in [0.1, 0.15) is 5.75 Å². The van der Waals surface area contributed by atoms with E-state index in [1.54, 1.807) is 24.3 Å². The van der Waals surface area contributed by atoms with Crippen LogP contribution in [0.1, 0.15) is 42.5 Å². The highest BCUT2D eigenvalue weighted by Crippen LogP contribution is 2.30. The van der Waals surface area contributed by atoms with Crippen molar-refractivity contribution in [2.75, 3.05) is 25.0 Å². The van der Waals surface area contributed by atoms with E-state index in [4.69, 9.17) is 4.74 Å².